The van der Waals surface area contributed by atoms with Gasteiger partial charge >= 0.3 is 5.97 Å². The van der Waals surface area contributed by atoms with E-state index in [9.17, 15) is 4.79 Å². The molecule has 1 fully saturated rings. The van der Waals surface area contributed by atoms with E-state index in [-0.39, 0.29) is 6.54 Å². The Labute approximate surface area is 84.3 Å². The van der Waals surface area contributed by atoms with Crippen LogP contribution in [0.2, 0.25) is 0 Å². The molecule has 0 amide bonds. The summed E-state index contributed by atoms with van der Waals surface area (Å²) in [6.45, 7) is 1.15. The minimum absolute atomic E-state index is 0.0555. The summed E-state index contributed by atoms with van der Waals surface area (Å²) in [7, 11) is 0. The Morgan fingerprint density at radius 1 is 1.21 bits per heavy atom. The van der Waals surface area contributed by atoms with Crippen molar-refractivity contribution in [3.63, 3.8) is 0 Å². The first-order valence-corrected chi connectivity index (χ1v) is 5.25. The Morgan fingerprint density at radius 3 is 2.29 bits per heavy atom. The third-order valence-corrected chi connectivity index (χ3v) is 2.93. The van der Waals surface area contributed by atoms with Crippen LogP contribution in [0.1, 0.15) is 25.7 Å². The molecule has 0 unspecified atom stereocenters. The SMILES string of the molecule is O=C(O)CNCC1CCC(CO)CC1. The maximum absolute atomic E-state index is 10.2. The second kappa shape index (κ2) is 5.98. The van der Waals surface area contributed by atoms with Crippen LogP contribution in [0.15, 0.2) is 0 Å². The molecule has 3 N–H and O–H groups in total. The first-order valence-electron chi connectivity index (χ1n) is 5.25. The highest BCUT2D eigenvalue weighted by molar-refractivity contribution is 5.68. The second-order valence-corrected chi connectivity index (χ2v) is 4.09. The summed E-state index contributed by atoms with van der Waals surface area (Å²) in [6, 6.07) is 0. The first kappa shape index (κ1) is 11.5. The van der Waals surface area contributed by atoms with Crippen LogP contribution in [-0.4, -0.2) is 35.9 Å². The molecule has 0 bridgehead atoms. The van der Waals surface area contributed by atoms with Crippen molar-refractivity contribution in [2.24, 2.45) is 11.8 Å². The smallest absolute Gasteiger partial charge is 0.317 e. The Bertz CT molecular complexity index is 176. The lowest BCUT2D eigenvalue weighted by atomic mass is 9.82. The zero-order valence-corrected chi connectivity index (χ0v) is 8.41. The number of carbonyl (C=O) groups is 1. The fourth-order valence-electron chi connectivity index (χ4n) is 2.00. The summed E-state index contributed by atoms with van der Waals surface area (Å²) < 4.78 is 0. The molecule has 82 valence electrons. The summed E-state index contributed by atoms with van der Waals surface area (Å²) in [5.41, 5.74) is 0. The molecule has 1 saturated carbocycles. The van der Waals surface area contributed by atoms with Gasteiger partial charge in [0.05, 0.1) is 6.54 Å². The highest BCUT2D eigenvalue weighted by Crippen LogP contribution is 2.27. The van der Waals surface area contributed by atoms with Crippen molar-refractivity contribution >= 4 is 5.97 Å². The van der Waals surface area contributed by atoms with Crippen molar-refractivity contribution < 1.29 is 15.0 Å². The van der Waals surface area contributed by atoms with E-state index in [4.69, 9.17) is 10.2 Å². The van der Waals surface area contributed by atoms with Crippen LogP contribution < -0.4 is 5.32 Å². The maximum Gasteiger partial charge on any atom is 0.317 e. The summed E-state index contributed by atoms with van der Waals surface area (Å²) in [5, 5.41) is 20.3. The van der Waals surface area contributed by atoms with Gasteiger partial charge in [-0.15, -0.1) is 0 Å². The van der Waals surface area contributed by atoms with Crippen LogP contribution in [0.3, 0.4) is 0 Å². The third kappa shape index (κ3) is 4.07. The van der Waals surface area contributed by atoms with E-state index in [0.717, 1.165) is 32.2 Å². The number of aliphatic hydroxyl groups excluding tert-OH is 1. The molecule has 4 heteroatoms. The van der Waals surface area contributed by atoms with Crippen LogP contribution in [0, 0.1) is 11.8 Å². The topological polar surface area (TPSA) is 69.6 Å². The van der Waals surface area contributed by atoms with Gasteiger partial charge in [0.2, 0.25) is 0 Å². The van der Waals surface area contributed by atoms with Crippen molar-refractivity contribution in [1.29, 1.82) is 0 Å². The van der Waals surface area contributed by atoms with Crippen molar-refractivity contribution in [2.45, 2.75) is 25.7 Å². The van der Waals surface area contributed by atoms with E-state index in [1.807, 2.05) is 0 Å². The summed E-state index contributed by atoms with van der Waals surface area (Å²) >= 11 is 0. The fourth-order valence-corrected chi connectivity index (χ4v) is 2.00. The molecule has 0 saturated heterocycles. The minimum Gasteiger partial charge on any atom is -0.480 e. The van der Waals surface area contributed by atoms with E-state index in [2.05, 4.69) is 5.32 Å². The van der Waals surface area contributed by atoms with Gasteiger partial charge in [-0.2, -0.15) is 0 Å². The standard InChI is InChI=1S/C10H19NO3/c12-7-9-3-1-8(2-4-9)5-11-6-10(13)14/h8-9,11-12H,1-7H2,(H,13,14). The lowest BCUT2D eigenvalue weighted by Gasteiger charge is -2.27. The van der Waals surface area contributed by atoms with Gasteiger partial charge in [-0.05, 0) is 44.1 Å². The van der Waals surface area contributed by atoms with E-state index >= 15 is 0 Å². The van der Waals surface area contributed by atoms with Gasteiger partial charge in [0.1, 0.15) is 0 Å². The minimum atomic E-state index is -0.797. The Kier molecular flexibility index (Phi) is 4.90. The van der Waals surface area contributed by atoms with Gasteiger partial charge in [-0.1, -0.05) is 0 Å². The molecule has 1 aliphatic rings. The molecule has 0 aromatic heterocycles. The van der Waals surface area contributed by atoms with Gasteiger partial charge in [0.15, 0.2) is 0 Å². The molecular weight excluding hydrogens is 182 g/mol. The van der Waals surface area contributed by atoms with Crippen molar-refractivity contribution in [1.82, 2.24) is 5.32 Å². The van der Waals surface area contributed by atoms with Gasteiger partial charge in [0.25, 0.3) is 0 Å². The number of carboxylic acids is 1. The van der Waals surface area contributed by atoms with Gasteiger partial charge in [0, 0.05) is 6.61 Å². The Morgan fingerprint density at radius 2 is 1.79 bits per heavy atom. The molecule has 0 radical (unpaired) electrons. The van der Waals surface area contributed by atoms with Gasteiger partial charge in [-0.3, -0.25) is 4.79 Å². The predicted octanol–water partition coefficient (Wildman–Crippen LogP) is 0.459. The molecule has 4 nitrogen and oxygen atoms in total. The molecule has 1 rings (SSSR count). The van der Waals surface area contributed by atoms with E-state index in [0.29, 0.717) is 18.4 Å². The van der Waals surface area contributed by atoms with E-state index < -0.39 is 5.97 Å². The van der Waals surface area contributed by atoms with Crippen LogP contribution in [0.25, 0.3) is 0 Å². The van der Waals surface area contributed by atoms with Crippen molar-refractivity contribution in [2.75, 3.05) is 19.7 Å². The average Bonchev–Trinajstić information content (AvgIpc) is 2.18. The molecule has 1 aliphatic carbocycles. The molecule has 0 spiro atoms. The van der Waals surface area contributed by atoms with Crippen LogP contribution in [0.4, 0.5) is 0 Å². The highest BCUT2D eigenvalue weighted by Gasteiger charge is 2.20. The maximum atomic E-state index is 10.2. The van der Waals surface area contributed by atoms with Gasteiger partial charge in [-0.25, -0.2) is 0 Å². The number of aliphatic hydroxyl groups is 1. The number of carboxylic acid groups (broad SMARTS) is 1. The molecule has 0 atom stereocenters. The normalized spacial score (nSPS) is 27.5. The first-order chi connectivity index (χ1) is 6.72. The molecular formula is C10H19NO3. The monoisotopic (exact) mass is 201 g/mol. The van der Waals surface area contributed by atoms with Gasteiger partial charge < -0.3 is 15.5 Å². The molecule has 0 heterocycles. The van der Waals surface area contributed by atoms with E-state index in [1.165, 1.54) is 0 Å². The Hall–Kier alpha value is -0.610. The van der Waals surface area contributed by atoms with E-state index in [1.54, 1.807) is 0 Å². The second-order valence-electron chi connectivity index (χ2n) is 4.09. The molecule has 0 aliphatic heterocycles. The zero-order chi connectivity index (χ0) is 10.4. The lowest BCUT2D eigenvalue weighted by Crippen LogP contribution is -2.30. The fraction of sp³-hybridized carbons (Fsp3) is 0.900. The van der Waals surface area contributed by atoms with Crippen molar-refractivity contribution in [3.8, 4) is 0 Å². The molecule has 14 heavy (non-hydrogen) atoms. The number of aliphatic carboxylic acids is 1. The lowest BCUT2D eigenvalue weighted by molar-refractivity contribution is -0.136. The summed E-state index contributed by atoms with van der Waals surface area (Å²) in [5.74, 6) is 0.275. The number of rotatable bonds is 5. The number of hydrogen-bond donors (Lipinski definition) is 3. The number of hydrogen-bond acceptors (Lipinski definition) is 3. The summed E-state index contributed by atoms with van der Waals surface area (Å²) in [4.78, 5) is 10.2. The van der Waals surface area contributed by atoms with Crippen LogP contribution in [0.5, 0.6) is 0 Å². The largest absolute Gasteiger partial charge is 0.480 e. The average molecular weight is 201 g/mol. The van der Waals surface area contributed by atoms with Crippen LogP contribution >= 0.6 is 0 Å². The van der Waals surface area contributed by atoms with Crippen LogP contribution in [-0.2, 0) is 4.79 Å². The molecule has 0 aromatic carbocycles. The summed E-state index contributed by atoms with van der Waals surface area (Å²) in [6.07, 6.45) is 4.38. The molecule has 0 aromatic rings. The third-order valence-electron chi connectivity index (χ3n) is 2.93. The Balaban J connectivity index is 2.07. The quantitative estimate of drug-likeness (QED) is 0.604. The van der Waals surface area contributed by atoms with Crippen molar-refractivity contribution in [3.05, 3.63) is 0 Å². The predicted molar refractivity (Wildman–Crippen MR) is 53.0 cm³/mol. The highest BCUT2D eigenvalue weighted by atomic mass is 16.4. The number of nitrogens with one attached hydrogen (secondary N) is 1. The zero-order valence-electron chi connectivity index (χ0n) is 8.41.